The summed E-state index contributed by atoms with van der Waals surface area (Å²) in [5.41, 5.74) is 3.64. The maximum atomic E-state index is 6.18. The summed E-state index contributed by atoms with van der Waals surface area (Å²) in [6.07, 6.45) is 0. The summed E-state index contributed by atoms with van der Waals surface area (Å²) in [7, 11) is 2.07. The molecule has 0 spiro atoms. The molecule has 5 rings (SSSR count). The van der Waals surface area contributed by atoms with Gasteiger partial charge in [-0.15, -0.1) is 0 Å². The summed E-state index contributed by atoms with van der Waals surface area (Å²) in [5, 5.41) is 2.30. The molecule has 0 aromatic heterocycles. The second-order valence-corrected chi connectivity index (χ2v) is 6.80. The van der Waals surface area contributed by atoms with Crippen molar-refractivity contribution in [3.63, 3.8) is 0 Å². The van der Waals surface area contributed by atoms with Crippen LogP contribution in [0.1, 0.15) is 11.1 Å². The minimum Gasteiger partial charge on any atom is -0.477 e. The van der Waals surface area contributed by atoms with E-state index in [9.17, 15) is 0 Å². The lowest BCUT2D eigenvalue weighted by atomic mass is 9.99. The fourth-order valence-electron chi connectivity index (χ4n) is 3.74. The van der Waals surface area contributed by atoms with Gasteiger partial charge in [0, 0.05) is 40.7 Å². The average molecular weight is 332 g/mol. The standard InChI is InChI=1S/C21H20N2O2/c1-22-11-15-7-9-19-18(20(15)24-13-22)10-8-16-12-23(14-25-21(16)19)17-5-3-2-4-6-17/h2-10H,11-14H2,1H3. The van der Waals surface area contributed by atoms with E-state index in [2.05, 4.69) is 65.4 Å². The smallest absolute Gasteiger partial charge is 0.161 e. The maximum Gasteiger partial charge on any atom is 0.161 e. The molecule has 4 heteroatoms. The Balaban J connectivity index is 1.56. The number of para-hydroxylation sites is 1. The molecule has 0 bridgehead atoms. The number of hydrogen-bond donors (Lipinski definition) is 0. The van der Waals surface area contributed by atoms with E-state index in [0.29, 0.717) is 13.5 Å². The Morgan fingerprint density at radius 3 is 2.08 bits per heavy atom. The number of anilines is 1. The van der Waals surface area contributed by atoms with Crippen molar-refractivity contribution >= 4 is 16.5 Å². The molecule has 0 atom stereocenters. The number of ether oxygens (including phenoxy) is 2. The second-order valence-electron chi connectivity index (χ2n) is 6.80. The highest BCUT2D eigenvalue weighted by atomic mass is 16.5. The number of fused-ring (bicyclic) bond motifs is 5. The minimum atomic E-state index is 0.566. The van der Waals surface area contributed by atoms with Crippen molar-refractivity contribution < 1.29 is 9.47 Å². The average Bonchev–Trinajstić information content (AvgIpc) is 2.67. The van der Waals surface area contributed by atoms with E-state index >= 15 is 0 Å². The highest BCUT2D eigenvalue weighted by molar-refractivity contribution is 5.95. The molecule has 0 unspecified atom stereocenters. The van der Waals surface area contributed by atoms with Crippen LogP contribution < -0.4 is 14.4 Å². The van der Waals surface area contributed by atoms with Crippen LogP contribution >= 0.6 is 0 Å². The van der Waals surface area contributed by atoms with Crippen LogP contribution in [0.5, 0.6) is 11.5 Å². The first-order valence-corrected chi connectivity index (χ1v) is 8.61. The summed E-state index contributed by atoms with van der Waals surface area (Å²) >= 11 is 0. The van der Waals surface area contributed by atoms with Crippen LogP contribution in [-0.2, 0) is 13.1 Å². The molecule has 0 saturated carbocycles. The predicted molar refractivity (Wildman–Crippen MR) is 99.0 cm³/mol. The Hall–Kier alpha value is -2.72. The van der Waals surface area contributed by atoms with Crippen LogP contribution in [-0.4, -0.2) is 25.4 Å². The van der Waals surface area contributed by atoms with Gasteiger partial charge in [-0.05, 0) is 19.2 Å². The molecule has 3 aromatic rings. The van der Waals surface area contributed by atoms with E-state index in [0.717, 1.165) is 35.4 Å². The Morgan fingerprint density at radius 1 is 0.720 bits per heavy atom. The molecule has 25 heavy (non-hydrogen) atoms. The van der Waals surface area contributed by atoms with Crippen LogP contribution in [0.25, 0.3) is 10.8 Å². The minimum absolute atomic E-state index is 0.566. The van der Waals surface area contributed by atoms with Crippen LogP contribution in [0.3, 0.4) is 0 Å². The predicted octanol–water partition coefficient (Wildman–Crippen LogP) is 3.98. The van der Waals surface area contributed by atoms with Gasteiger partial charge < -0.3 is 14.4 Å². The Labute approximate surface area is 147 Å². The molecule has 0 N–H and O–H groups in total. The number of nitrogens with zero attached hydrogens (tertiary/aromatic N) is 2. The largest absolute Gasteiger partial charge is 0.477 e. The summed E-state index contributed by atoms with van der Waals surface area (Å²) < 4.78 is 12.2. The molecule has 126 valence electrons. The van der Waals surface area contributed by atoms with Crippen LogP contribution in [0.2, 0.25) is 0 Å². The maximum absolute atomic E-state index is 6.18. The number of benzene rings is 3. The van der Waals surface area contributed by atoms with Crippen LogP contribution in [0, 0.1) is 0 Å². The highest BCUT2D eigenvalue weighted by Gasteiger charge is 2.23. The Bertz CT molecular complexity index is 940. The first-order chi connectivity index (χ1) is 12.3. The van der Waals surface area contributed by atoms with Gasteiger partial charge in [0.05, 0.1) is 0 Å². The zero-order valence-corrected chi connectivity index (χ0v) is 14.2. The van der Waals surface area contributed by atoms with Gasteiger partial charge in [0.25, 0.3) is 0 Å². The van der Waals surface area contributed by atoms with Crippen molar-refractivity contribution in [2.75, 3.05) is 25.4 Å². The van der Waals surface area contributed by atoms with E-state index in [1.807, 2.05) is 6.07 Å². The lowest BCUT2D eigenvalue weighted by Gasteiger charge is -2.32. The summed E-state index contributed by atoms with van der Waals surface area (Å²) in [6, 6.07) is 19.1. The molecule has 0 radical (unpaired) electrons. The molecule has 3 aromatic carbocycles. The van der Waals surface area contributed by atoms with Gasteiger partial charge in [-0.3, -0.25) is 4.90 Å². The number of hydrogen-bond acceptors (Lipinski definition) is 4. The van der Waals surface area contributed by atoms with E-state index in [1.165, 1.54) is 16.8 Å². The zero-order valence-electron chi connectivity index (χ0n) is 14.2. The van der Waals surface area contributed by atoms with E-state index < -0.39 is 0 Å². The molecule has 0 saturated heterocycles. The van der Waals surface area contributed by atoms with Gasteiger partial charge in [-0.2, -0.15) is 0 Å². The molecule has 4 nitrogen and oxygen atoms in total. The lowest BCUT2D eigenvalue weighted by Crippen LogP contribution is -2.32. The zero-order chi connectivity index (χ0) is 16.8. The molecular formula is C21H20N2O2. The fourth-order valence-corrected chi connectivity index (χ4v) is 3.74. The van der Waals surface area contributed by atoms with Gasteiger partial charge in [-0.1, -0.05) is 42.5 Å². The summed E-state index contributed by atoms with van der Waals surface area (Å²) in [4.78, 5) is 4.42. The molecule has 2 aliphatic heterocycles. The molecular weight excluding hydrogens is 312 g/mol. The Kier molecular flexibility index (Phi) is 3.31. The fraction of sp³-hybridized carbons (Fsp3) is 0.238. The third-order valence-corrected chi connectivity index (χ3v) is 4.98. The van der Waals surface area contributed by atoms with E-state index in [-0.39, 0.29) is 0 Å². The summed E-state index contributed by atoms with van der Waals surface area (Å²) in [5.74, 6) is 2.00. The van der Waals surface area contributed by atoms with Gasteiger partial charge in [-0.25, -0.2) is 0 Å². The van der Waals surface area contributed by atoms with Gasteiger partial charge in [0.1, 0.15) is 18.2 Å². The first-order valence-electron chi connectivity index (χ1n) is 8.61. The van der Waals surface area contributed by atoms with Gasteiger partial charge in [0.2, 0.25) is 0 Å². The SMILES string of the molecule is CN1COc2c(ccc3c4c(ccc23)CN(c2ccccc2)CO4)C1. The molecule has 2 aliphatic rings. The Morgan fingerprint density at radius 2 is 1.36 bits per heavy atom. The molecule has 2 heterocycles. The van der Waals surface area contributed by atoms with Crippen molar-refractivity contribution in [2.24, 2.45) is 0 Å². The second kappa shape index (κ2) is 5.67. The van der Waals surface area contributed by atoms with E-state index in [4.69, 9.17) is 9.47 Å². The van der Waals surface area contributed by atoms with Crippen LogP contribution in [0.4, 0.5) is 5.69 Å². The van der Waals surface area contributed by atoms with Crippen molar-refractivity contribution in [1.82, 2.24) is 4.90 Å². The summed E-state index contributed by atoms with van der Waals surface area (Å²) in [6.45, 7) is 2.98. The van der Waals surface area contributed by atoms with Crippen molar-refractivity contribution in [3.8, 4) is 11.5 Å². The van der Waals surface area contributed by atoms with Gasteiger partial charge in [0.15, 0.2) is 6.73 Å². The lowest BCUT2D eigenvalue weighted by molar-refractivity contribution is 0.123. The van der Waals surface area contributed by atoms with Crippen molar-refractivity contribution in [2.45, 2.75) is 13.1 Å². The molecule has 0 amide bonds. The monoisotopic (exact) mass is 332 g/mol. The van der Waals surface area contributed by atoms with Crippen molar-refractivity contribution in [3.05, 3.63) is 65.7 Å². The third kappa shape index (κ3) is 2.41. The quantitative estimate of drug-likeness (QED) is 0.673. The number of rotatable bonds is 1. The first kappa shape index (κ1) is 14.6. The van der Waals surface area contributed by atoms with Crippen LogP contribution in [0.15, 0.2) is 54.6 Å². The topological polar surface area (TPSA) is 24.9 Å². The van der Waals surface area contributed by atoms with E-state index in [1.54, 1.807) is 0 Å². The normalized spacial score (nSPS) is 16.8. The molecule has 0 aliphatic carbocycles. The third-order valence-electron chi connectivity index (χ3n) is 4.98. The van der Waals surface area contributed by atoms with Gasteiger partial charge >= 0.3 is 0 Å². The molecule has 0 fully saturated rings. The highest BCUT2D eigenvalue weighted by Crippen LogP contribution is 2.41. The van der Waals surface area contributed by atoms with Crippen molar-refractivity contribution in [1.29, 1.82) is 0 Å².